The lowest BCUT2D eigenvalue weighted by atomic mass is 10.0. The van der Waals surface area contributed by atoms with E-state index in [0.717, 1.165) is 70.0 Å². The van der Waals surface area contributed by atoms with Crippen LogP contribution < -0.4 is 9.62 Å². The number of anilines is 1. The zero-order valence-electron chi connectivity index (χ0n) is 25.0. The number of nitrogens with one attached hydrogen (secondary N) is 1. The molecule has 0 bridgehead atoms. The Kier molecular flexibility index (Phi) is 11.7. The maximum atomic E-state index is 14.0. The summed E-state index contributed by atoms with van der Waals surface area (Å²) in [4.78, 5) is 29.3. The molecule has 0 aliphatic heterocycles. The van der Waals surface area contributed by atoms with Gasteiger partial charge in [0.05, 0.1) is 17.5 Å². The molecular formula is C33H37BrF3N3O4S. The number of alkyl halides is 3. The van der Waals surface area contributed by atoms with E-state index >= 15 is 0 Å². The first kappa shape index (κ1) is 34.5. The first-order chi connectivity index (χ1) is 21.3. The van der Waals surface area contributed by atoms with E-state index in [4.69, 9.17) is 0 Å². The third kappa shape index (κ3) is 10.1. The normalized spacial score (nSPS) is 14.6. The molecule has 2 amide bonds. The first-order valence-electron chi connectivity index (χ1n) is 14.8. The third-order valence-electron chi connectivity index (χ3n) is 7.83. The second-order valence-electron chi connectivity index (χ2n) is 11.3. The number of carbonyl (C=O) groups is 2. The fraction of sp³-hybridized carbons (Fsp3) is 0.394. The lowest BCUT2D eigenvalue weighted by molar-refractivity contribution is -0.141. The summed E-state index contributed by atoms with van der Waals surface area (Å²) in [6, 6.07) is 20.1. The summed E-state index contributed by atoms with van der Waals surface area (Å²) in [6.45, 7) is -0.0779. The average molecular weight is 709 g/mol. The Hall–Kier alpha value is -3.38. The topological polar surface area (TPSA) is 86.8 Å². The maximum Gasteiger partial charge on any atom is 0.416 e. The van der Waals surface area contributed by atoms with E-state index in [1.54, 1.807) is 0 Å². The van der Waals surface area contributed by atoms with Crippen molar-refractivity contribution in [2.45, 2.75) is 69.8 Å². The van der Waals surface area contributed by atoms with Crippen molar-refractivity contribution < 1.29 is 31.2 Å². The molecule has 0 unspecified atom stereocenters. The van der Waals surface area contributed by atoms with Gasteiger partial charge in [-0.05, 0) is 60.7 Å². The number of sulfonamides is 1. The van der Waals surface area contributed by atoms with Crippen LogP contribution in [0.4, 0.5) is 18.9 Å². The summed E-state index contributed by atoms with van der Waals surface area (Å²) in [6.07, 6.45) is 0.252. The van der Waals surface area contributed by atoms with Gasteiger partial charge in [0.1, 0.15) is 6.04 Å². The highest BCUT2D eigenvalue weighted by molar-refractivity contribution is 9.10. The molecule has 12 heteroatoms. The minimum Gasteiger partial charge on any atom is -0.352 e. The second-order valence-corrected chi connectivity index (χ2v) is 14.2. The zero-order valence-corrected chi connectivity index (χ0v) is 27.4. The number of rotatable bonds is 13. The summed E-state index contributed by atoms with van der Waals surface area (Å²) in [5.41, 5.74) is 0.570. The molecule has 1 saturated carbocycles. The summed E-state index contributed by atoms with van der Waals surface area (Å²) >= 11 is 3.47. The standard InChI is InChI=1S/C33H37BrF3N3O4S/c1-45(43,44)40(29-17-8-13-26(22-29)33(35,36)37)19-9-18-31(41)39(23-25-12-7-14-27(34)20-25)30(21-24-10-3-2-4-11-24)32(42)38-28-15-5-6-16-28/h2-4,7-8,10-14,17,20,22,28,30H,5-6,9,15-16,18-19,21,23H2,1H3,(H,38,42)/t30-/m1/s1. The molecule has 1 fully saturated rings. The van der Waals surface area contributed by atoms with Crippen molar-refractivity contribution in [3.05, 3.63) is 100 Å². The van der Waals surface area contributed by atoms with Gasteiger partial charge in [-0.25, -0.2) is 8.42 Å². The molecule has 0 aromatic heterocycles. The van der Waals surface area contributed by atoms with Crippen molar-refractivity contribution in [3.63, 3.8) is 0 Å². The van der Waals surface area contributed by atoms with Crippen molar-refractivity contribution in [2.75, 3.05) is 17.1 Å². The average Bonchev–Trinajstić information content (AvgIpc) is 3.49. The van der Waals surface area contributed by atoms with Crippen LogP contribution in [0.5, 0.6) is 0 Å². The van der Waals surface area contributed by atoms with Crippen LogP contribution in [0.15, 0.2) is 83.3 Å². The smallest absolute Gasteiger partial charge is 0.352 e. The van der Waals surface area contributed by atoms with Gasteiger partial charge in [0.25, 0.3) is 0 Å². The molecule has 7 nitrogen and oxygen atoms in total. The minimum absolute atomic E-state index is 0.0272. The van der Waals surface area contributed by atoms with Crippen LogP contribution in [0.3, 0.4) is 0 Å². The Morgan fingerprint density at radius 3 is 2.27 bits per heavy atom. The van der Waals surface area contributed by atoms with Crippen LogP contribution in [-0.4, -0.2) is 50.0 Å². The zero-order chi connectivity index (χ0) is 32.6. The van der Waals surface area contributed by atoms with Gasteiger partial charge < -0.3 is 10.2 Å². The maximum absolute atomic E-state index is 14.0. The molecule has 242 valence electrons. The highest BCUT2D eigenvalue weighted by Crippen LogP contribution is 2.32. The van der Waals surface area contributed by atoms with Crippen LogP contribution in [0.2, 0.25) is 0 Å². The Balaban J connectivity index is 1.59. The Morgan fingerprint density at radius 2 is 1.62 bits per heavy atom. The molecular weight excluding hydrogens is 671 g/mol. The van der Waals surface area contributed by atoms with Gasteiger partial charge in [0.15, 0.2) is 0 Å². The van der Waals surface area contributed by atoms with Crippen LogP contribution in [0.25, 0.3) is 0 Å². The minimum atomic E-state index is -4.64. The molecule has 0 spiro atoms. The van der Waals surface area contributed by atoms with Gasteiger partial charge in [-0.3, -0.25) is 13.9 Å². The molecule has 45 heavy (non-hydrogen) atoms. The van der Waals surface area contributed by atoms with Crippen LogP contribution in [-0.2, 0) is 38.8 Å². The lowest BCUT2D eigenvalue weighted by Gasteiger charge is -2.33. The predicted octanol–water partition coefficient (Wildman–Crippen LogP) is 6.71. The fourth-order valence-electron chi connectivity index (χ4n) is 5.59. The van der Waals surface area contributed by atoms with Crippen molar-refractivity contribution >= 4 is 43.5 Å². The molecule has 0 radical (unpaired) electrons. The van der Waals surface area contributed by atoms with E-state index < -0.39 is 27.8 Å². The highest BCUT2D eigenvalue weighted by Gasteiger charge is 2.33. The fourth-order valence-corrected chi connectivity index (χ4v) is 7.00. The van der Waals surface area contributed by atoms with Crippen molar-refractivity contribution in [1.29, 1.82) is 0 Å². The molecule has 1 N–H and O–H groups in total. The monoisotopic (exact) mass is 707 g/mol. The predicted molar refractivity (Wildman–Crippen MR) is 172 cm³/mol. The van der Waals surface area contributed by atoms with E-state index in [-0.39, 0.29) is 55.9 Å². The van der Waals surface area contributed by atoms with Gasteiger partial charge in [-0.15, -0.1) is 0 Å². The highest BCUT2D eigenvalue weighted by atomic mass is 79.9. The molecule has 0 heterocycles. The van der Waals surface area contributed by atoms with E-state index in [1.165, 1.54) is 11.0 Å². The van der Waals surface area contributed by atoms with E-state index in [0.29, 0.717) is 0 Å². The molecule has 4 rings (SSSR count). The number of amides is 2. The Morgan fingerprint density at radius 1 is 0.956 bits per heavy atom. The van der Waals surface area contributed by atoms with Gasteiger partial charge in [-0.2, -0.15) is 13.2 Å². The summed E-state index contributed by atoms with van der Waals surface area (Å²) in [5.74, 6) is -0.620. The molecule has 3 aromatic carbocycles. The number of nitrogens with zero attached hydrogens (tertiary/aromatic N) is 2. The lowest BCUT2D eigenvalue weighted by Crippen LogP contribution is -2.52. The van der Waals surface area contributed by atoms with Gasteiger partial charge >= 0.3 is 6.18 Å². The van der Waals surface area contributed by atoms with Crippen LogP contribution in [0, 0.1) is 0 Å². The SMILES string of the molecule is CS(=O)(=O)N(CCCC(=O)N(Cc1cccc(Br)c1)[C@H](Cc1ccccc1)C(=O)NC1CCCC1)c1cccc(C(F)(F)F)c1. The third-order valence-corrected chi connectivity index (χ3v) is 9.52. The van der Waals surface area contributed by atoms with E-state index in [1.807, 2.05) is 54.6 Å². The largest absolute Gasteiger partial charge is 0.416 e. The Labute approximate surface area is 271 Å². The number of benzene rings is 3. The number of hydrogen-bond acceptors (Lipinski definition) is 4. The van der Waals surface area contributed by atoms with E-state index in [9.17, 15) is 31.2 Å². The van der Waals surface area contributed by atoms with Gasteiger partial charge in [0, 0.05) is 36.4 Å². The van der Waals surface area contributed by atoms with Gasteiger partial charge in [-0.1, -0.05) is 77.3 Å². The molecule has 3 aromatic rings. The quantitative estimate of drug-likeness (QED) is 0.214. The van der Waals surface area contributed by atoms with Crippen LogP contribution >= 0.6 is 15.9 Å². The van der Waals surface area contributed by atoms with Crippen molar-refractivity contribution in [2.24, 2.45) is 0 Å². The van der Waals surface area contributed by atoms with Gasteiger partial charge in [0.2, 0.25) is 21.8 Å². The van der Waals surface area contributed by atoms with Crippen molar-refractivity contribution in [3.8, 4) is 0 Å². The Bertz CT molecular complexity index is 1560. The summed E-state index contributed by atoms with van der Waals surface area (Å²) in [5, 5.41) is 3.14. The molecule has 0 saturated heterocycles. The number of halogens is 4. The van der Waals surface area contributed by atoms with E-state index in [2.05, 4.69) is 21.2 Å². The summed E-state index contributed by atoms with van der Waals surface area (Å²) < 4.78 is 67.0. The number of carbonyl (C=O) groups excluding carboxylic acids is 2. The molecule has 1 aliphatic carbocycles. The first-order valence-corrected chi connectivity index (χ1v) is 17.5. The molecule has 1 atom stereocenters. The van der Waals surface area contributed by atoms with Crippen molar-refractivity contribution in [1.82, 2.24) is 10.2 Å². The number of hydrogen-bond donors (Lipinski definition) is 1. The second kappa shape index (κ2) is 15.3. The molecule has 1 aliphatic rings. The van der Waals surface area contributed by atoms with Crippen LogP contribution in [0.1, 0.15) is 55.2 Å². The summed E-state index contributed by atoms with van der Waals surface area (Å²) in [7, 11) is -3.96.